The largest absolute Gasteiger partial charge is 0.495 e. The number of hydrogen-bond donors (Lipinski definition) is 2. The molecule has 3 N–H and O–H groups in total. The van der Waals surface area contributed by atoms with E-state index in [0.29, 0.717) is 18.0 Å². The lowest BCUT2D eigenvalue weighted by molar-refractivity contribution is 0.417. The quantitative estimate of drug-likeness (QED) is 0.496. The second-order valence-corrected chi connectivity index (χ2v) is 4.70. The number of methoxy groups -OCH3 is 1. The molecule has 0 saturated carbocycles. The smallest absolute Gasteiger partial charge is 0.141 e. The lowest BCUT2D eigenvalue weighted by Gasteiger charge is -2.09. The zero-order valence-electron chi connectivity index (χ0n) is 10.9. The first-order chi connectivity index (χ1) is 9.22. The molecule has 1 heterocycles. The van der Waals surface area contributed by atoms with E-state index in [0.717, 1.165) is 16.4 Å². The summed E-state index contributed by atoms with van der Waals surface area (Å²) in [5, 5.41) is 4.18. The lowest BCUT2D eigenvalue weighted by atomic mass is 10.2. The molecular formula is C13H16N4OS. The van der Waals surface area contributed by atoms with Crippen molar-refractivity contribution in [2.45, 2.75) is 11.6 Å². The molecule has 0 radical (unpaired) electrons. The SMILES string of the molecule is COc1ccc(CNc2cc(SC)ncn2)cc1N. The van der Waals surface area contributed by atoms with E-state index < -0.39 is 0 Å². The maximum atomic E-state index is 5.86. The molecule has 1 aromatic heterocycles. The van der Waals surface area contributed by atoms with Gasteiger partial charge < -0.3 is 15.8 Å². The number of nitrogens with zero attached hydrogens (tertiary/aromatic N) is 2. The van der Waals surface area contributed by atoms with Crippen LogP contribution in [0.25, 0.3) is 0 Å². The number of hydrogen-bond acceptors (Lipinski definition) is 6. The maximum absolute atomic E-state index is 5.86. The Morgan fingerprint density at radius 2 is 2.16 bits per heavy atom. The third kappa shape index (κ3) is 3.51. The van der Waals surface area contributed by atoms with Crippen molar-refractivity contribution in [2.24, 2.45) is 0 Å². The molecule has 0 bridgehead atoms. The summed E-state index contributed by atoms with van der Waals surface area (Å²) < 4.78 is 5.12. The summed E-state index contributed by atoms with van der Waals surface area (Å²) >= 11 is 1.58. The first-order valence-electron chi connectivity index (χ1n) is 5.75. The number of benzene rings is 1. The van der Waals surface area contributed by atoms with Gasteiger partial charge in [0.25, 0.3) is 0 Å². The molecule has 0 fully saturated rings. The molecular weight excluding hydrogens is 260 g/mol. The number of nitrogens with one attached hydrogen (secondary N) is 1. The van der Waals surface area contributed by atoms with Crippen LogP contribution >= 0.6 is 11.8 Å². The van der Waals surface area contributed by atoms with Crippen molar-refractivity contribution in [3.63, 3.8) is 0 Å². The minimum absolute atomic E-state index is 0.634. The van der Waals surface area contributed by atoms with Gasteiger partial charge >= 0.3 is 0 Å². The molecule has 0 atom stereocenters. The number of ether oxygens (including phenoxy) is 1. The Morgan fingerprint density at radius 1 is 1.32 bits per heavy atom. The normalized spacial score (nSPS) is 10.2. The van der Waals surface area contributed by atoms with Gasteiger partial charge in [-0.3, -0.25) is 0 Å². The first-order valence-corrected chi connectivity index (χ1v) is 6.97. The number of thioether (sulfide) groups is 1. The van der Waals surface area contributed by atoms with Crippen LogP contribution in [0.15, 0.2) is 35.6 Å². The van der Waals surface area contributed by atoms with Gasteiger partial charge in [-0.25, -0.2) is 9.97 Å². The van der Waals surface area contributed by atoms with E-state index in [-0.39, 0.29) is 0 Å². The van der Waals surface area contributed by atoms with Crippen LogP contribution in [-0.4, -0.2) is 23.3 Å². The van der Waals surface area contributed by atoms with Gasteiger partial charge in [0.2, 0.25) is 0 Å². The van der Waals surface area contributed by atoms with Crippen molar-refractivity contribution >= 4 is 23.3 Å². The van der Waals surface area contributed by atoms with E-state index in [1.807, 2.05) is 30.5 Å². The molecule has 0 aliphatic rings. The Labute approximate surface area is 116 Å². The third-order valence-corrected chi connectivity index (χ3v) is 3.26. The van der Waals surface area contributed by atoms with Crippen LogP contribution in [0.1, 0.15) is 5.56 Å². The molecule has 0 amide bonds. The second-order valence-electron chi connectivity index (χ2n) is 3.88. The molecule has 2 rings (SSSR count). The Hall–Kier alpha value is -1.95. The van der Waals surface area contributed by atoms with E-state index >= 15 is 0 Å². The van der Waals surface area contributed by atoms with E-state index in [1.54, 1.807) is 25.2 Å². The van der Waals surface area contributed by atoms with Crippen molar-refractivity contribution in [3.05, 3.63) is 36.2 Å². The molecule has 19 heavy (non-hydrogen) atoms. The van der Waals surface area contributed by atoms with E-state index in [9.17, 15) is 0 Å². The average molecular weight is 276 g/mol. The summed E-state index contributed by atoms with van der Waals surface area (Å²) in [6.07, 6.45) is 3.53. The molecule has 2 aromatic rings. The average Bonchev–Trinajstić information content (AvgIpc) is 2.45. The van der Waals surface area contributed by atoms with Crippen molar-refractivity contribution in [1.82, 2.24) is 9.97 Å². The van der Waals surface area contributed by atoms with Gasteiger partial charge in [0.05, 0.1) is 12.8 Å². The number of rotatable bonds is 5. The van der Waals surface area contributed by atoms with Crippen molar-refractivity contribution < 1.29 is 4.74 Å². The van der Waals surface area contributed by atoms with Crippen LogP contribution in [0, 0.1) is 0 Å². The molecule has 0 unspecified atom stereocenters. The van der Waals surface area contributed by atoms with Crippen LogP contribution in [0.5, 0.6) is 5.75 Å². The Bertz CT molecular complexity index is 562. The van der Waals surface area contributed by atoms with E-state index in [2.05, 4.69) is 15.3 Å². The third-order valence-electron chi connectivity index (χ3n) is 2.62. The molecule has 1 aromatic carbocycles. The van der Waals surface area contributed by atoms with Crippen LogP contribution in [0.4, 0.5) is 11.5 Å². The molecule has 5 nitrogen and oxygen atoms in total. The van der Waals surface area contributed by atoms with Crippen LogP contribution < -0.4 is 15.8 Å². The van der Waals surface area contributed by atoms with Gasteiger partial charge in [0.15, 0.2) is 0 Å². The fourth-order valence-electron chi connectivity index (χ4n) is 1.63. The molecule has 100 valence electrons. The highest BCUT2D eigenvalue weighted by Crippen LogP contribution is 2.22. The lowest BCUT2D eigenvalue weighted by Crippen LogP contribution is -2.03. The van der Waals surface area contributed by atoms with Crippen molar-refractivity contribution in [1.29, 1.82) is 0 Å². The molecule has 6 heteroatoms. The zero-order valence-corrected chi connectivity index (χ0v) is 11.7. The molecule has 0 aliphatic carbocycles. The minimum Gasteiger partial charge on any atom is -0.495 e. The van der Waals surface area contributed by atoms with Gasteiger partial charge in [-0.1, -0.05) is 6.07 Å². The number of anilines is 2. The molecule has 0 aliphatic heterocycles. The van der Waals surface area contributed by atoms with Crippen molar-refractivity contribution in [2.75, 3.05) is 24.4 Å². The van der Waals surface area contributed by atoms with E-state index in [4.69, 9.17) is 10.5 Å². The number of nitrogens with two attached hydrogens (primary N) is 1. The monoisotopic (exact) mass is 276 g/mol. The van der Waals surface area contributed by atoms with Crippen LogP contribution in [0.2, 0.25) is 0 Å². The summed E-state index contributed by atoms with van der Waals surface area (Å²) in [4.78, 5) is 8.29. The van der Waals surface area contributed by atoms with Gasteiger partial charge in [-0.15, -0.1) is 11.8 Å². The summed E-state index contributed by atoms with van der Waals surface area (Å²) in [7, 11) is 1.61. The standard InChI is InChI=1S/C13H16N4OS/c1-18-11-4-3-9(5-10(11)14)7-15-12-6-13(19-2)17-8-16-12/h3-6,8H,7,14H2,1-2H3,(H,15,16,17). The van der Waals surface area contributed by atoms with Gasteiger partial charge in [-0.2, -0.15) is 0 Å². The Kier molecular flexibility index (Phi) is 4.46. The van der Waals surface area contributed by atoms with Crippen LogP contribution in [-0.2, 0) is 6.54 Å². The second kappa shape index (κ2) is 6.29. The fraction of sp³-hybridized carbons (Fsp3) is 0.231. The predicted octanol–water partition coefficient (Wildman–Crippen LogP) is 2.40. The summed E-state index contributed by atoms with van der Waals surface area (Å²) in [5.41, 5.74) is 7.57. The highest BCUT2D eigenvalue weighted by atomic mass is 32.2. The summed E-state index contributed by atoms with van der Waals surface area (Å²) in [5.74, 6) is 1.49. The number of nitrogen functional groups attached to an aromatic ring is 1. The fourth-order valence-corrected chi connectivity index (χ4v) is 2.02. The summed E-state index contributed by atoms with van der Waals surface area (Å²) in [6.45, 7) is 0.652. The predicted molar refractivity (Wildman–Crippen MR) is 78.5 cm³/mol. The molecule has 0 spiro atoms. The topological polar surface area (TPSA) is 73.1 Å². The van der Waals surface area contributed by atoms with Crippen LogP contribution in [0.3, 0.4) is 0 Å². The zero-order chi connectivity index (χ0) is 13.7. The summed E-state index contributed by atoms with van der Waals surface area (Å²) in [6, 6.07) is 7.64. The first kappa shape index (κ1) is 13.5. The number of aromatic nitrogens is 2. The highest BCUT2D eigenvalue weighted by Gasteiger charge is 2.02. The van der Waals surface area contributed by atoms with Gasteiger partial charge in [-0.05, 0) is 24.0 Å². The Morgan fingerprint density at radius 3 is 2.84 bits per heavy atom. The highest BCUT2D eigenvalue weighted by molar-refractivity contribution is 7.98. The Balaban J connectivity index is 2.03. The molecule has 0 saturated heterocycles. The van der Waals surface area contributed by atoms with E-state index in [1.165, 1.54) is 0 Å². The van der Waals surface area contributed by atoms with Gasteiger partial charge in [0.1, 0.15) is 22.9 Å². The van der Waals surface area contributed by atoms with Crippen molar-refractivity contribution in [3.8, 4) is 5.75 Å². The maximum Gasteiger partial charge on any atom is 0.141 e. The minimum atomic E-state index is 0.634. The van der Waals surface area contributed by atoms with Gasteiger partial charge in [0, 0.05) is 12.6 Å².